The molecule has 14 heteroatoms. The number of carbonyl (C=O) groups is 2. The smallest absolute Gasteiger partial charge is 0.451 e. The summed E-state index contributed by atoms with van der Waals surface area (Å²) in [6, 6.07) is -1.99. The SMILES string of the molecule is CC(C)N(C(=O)C(N)CN)S(=O)(=O)N1C[C@H](CCCB(O)O)[C@](N)(C(=O)O)C1. The number of carboxylic acids is 1. The standard InChI is InChI=1S/C14H30BN5O7S/c1-9(2)20(12(21)11(17)6-16)28(26,27)19-7-10(4-3-5-15(24)25)14(18,8-19)13(22)23/h9-11,24-25H,3-8,16-18H2,1-2H3,(H,22,23)/t10-,11?,14-/m0/s1. The Balaban J connectivity index is 3.16. The highest BCUT2D eigenvalue weighted by Crippen LogP contribution is 2.33. The maximum absolute atomic E-state index is 13.1. The number of carboxylic acid groups (broad SMARTS) is 1. The largest absolute Gasteiger partial charge is 0.480 e. The summed E-state index contributed by atoms with van der Waals surface area (Å²) in [5, 5.41) is 27.5. The predicted molar refractivity (Wildman–Crippen MR) is 102 cm³/mol. The minimum Gasteiger partial charge on any atom is -0.480 e. The van der Waals surface area contributed by atoms with Crippen LogP contribution in [0.5, 0.6) is 0 Å². The molecule has 12 nitrogen and oxygen atoms in total. The number of rotatable bonds is 10. The van der Waals surface area contributed by atoms with Gasteiger partial charge in [0.25, 0.3) is 5.91 Å². The van der Waals surface area contributed by atoms with Crippen LogP contribution in [0.4, 0.5) is 0 Å². The molecule has 1 rings (SSSR count). The topological polar surface area (TPSA) is 214 Å². The van der Waals surface area contributed by atoms with Crippen LogP contribution in [0.1, 0.15) is 26.7 Å². The molecule has 0 radical (unpaired) electrons. The molecule has 0 aromatic carbocycles. The Kier molecular flexibility index (Phi) is 8.38. The summed E-state index contributed by atoms with van der Waals surface area (Å²) >= 11 is 0. The van der Waals surface area contributed by atoms with Crippen LogP contribution in [0.15, 0.2) is 0 Å². The maximum atomic E-state index is 13.1. The number of hydrogen-bond acceptors (Lipinski definition) is 9. The summed E-state index contributed by atoms with van der Waals surface area (Å²) in [6.07, 6.45) is 0.415. The van der Waals surface area contributed by atoms with Crippen LogP contribution in [0.2, 0.25) is 6.32 Å². The maximum Gasteiger partial charge on any atom is 0.451 e. The fourth-order valence-electron chi connectivity index (χ4n) is 3.23. The molecule has 0 aliphatic carbocycles. The first-order valence-corrected chi connectivity index (χ1v) is 10.4. The van der Waals surface area contributed by atoms with E-state index in [1.54, 1.807) is 0 Å². The van der Waals surface area contributed by atoms with Crippen molar-refractivity contribution in [3.63, 3.8) is 0 Å². The molecular weight excluding hydrogens is 393 g/mol. The van der Waals surface area contributed by atoms with Crippen LogP contribution in [-0.4, -0.2) is 88.4 Å². The molecule has 0 aromatic heterocycles. The van der Waals surface area contributed by atoms with Crippen molar-refractivity contribution in [1.82, 2.24) is 8.61 Å². The molecule has 1 unspecified atom stereocenters. The molecule has 1 saturated heterocycles. The summed E-state index contributed by atoms with van der Waals surface area (Å²) in [4.78, 5) is 24.2. The summed E-state index contributed by atoms with van der Waals surface area (Å²) in [6.45, 7) is 1.98. The van der Waals surface area contributed by atoms with Crippen molar-refractivity contribution in [3.8, 4) is 0 Å². The molecule has 0 aromatic rings. The molecular formula is C14H30BN5O7S. The Morgan fingerprint density at radius 2 is 1.93 bits per heavy atom. The van der Waals surface area contributed by atoms with Gasteiger partial charge in [0, 0.05) is 31.6 Å². The molecule has 1 aliphatic rings. The molecule has 3 atom stereocenters. The zero-order valence-electron chi connectivity index (χ0n) is 16.1. The van der Waals surface area contributed by atoms with E-state index in [1.165, 1.54) is 13.8 Å². The van der Waals surface area contributed by atoms with Gasteiger partial charge in [-0.2, -0.15) is 12.7 Å². The zero-order chi connectivity index (χ0) is 21.9. The van der Waals surface area contributed by atoms with E-state index in [1.807, 2.05) is 0 Å². The van der Waals surface area contributed by atoms with Gasteiger partial charge in [-0.05, 0) is 26.6 Å². The van der Waals surface area contributed by atoms with Crippen molar-refractivity contribution >= 4 is 29.2 Å². The molecule has 28 heavy (non-hydrogen) atoms. The van der Waals surface area contributed by atoms with Gasteiger partial charge in [-0.1, -0.05) is 6.42 Å². The molecule has 0 spiro atoms. The Bertz CT molecular complexity index is 677. The average Bonchev–Trinajstić information content (AvgIpc) is 2.92. The second-order valence-corrected chi connectivity index (χ2v) is 9.13. The highest BCUT2D eigenvalue weighted by atomic mass is 32.2. The van der Waals surface area contributed by atoms with Gasteiger partial charge in [0.1, 0.15) is 5.54 Å². The number of aliphatic carboxylic acids is 1. The molecule has 1 aliphatic heterocycles. The minimum absolute atomic E-state index is 0.000900. The van der Waals surface area contributed by atoms with E-state index in [2.05, 4.69) is 0 Å². The molecule has 162 valence electrons. The van der Waals surface area contributed by atoms with Gasteiger partial charge < -0.3 is 32.4 Å². The van der Waals surface area contributed by atoms with Crippen molar-refractivity contribution in [2.24, 2.45) is 23.1 Å². The third-order valence-electron chi connectivity index (χ3n) is 4.84. The quantitative estimate of drug-likeness (QED) is 0.193. The van der Waals surface area contributed by atoms with Gasteiger partial charge in [0.2, 0.25) is 0 Å². The van der Waals surface area contributed by atoms with E-state index in [9.17, 15) is 23.1 Å². The van der Waals surface area contributed by atoms with Gasteiger partial charge in [0.15, 0.2) is 0 Å². The van der Waals surface area contributed by atoms with Gasteiger partial charge >= 0.3 is 23.3 Å². The van der Waals surface area contributed by atoms with Crippen LogP contribution in [0, 0.1) is 5.92 Å². The fourth-order valence-corrected chi connectivity index (χ4v) is 5.12. The van der Waals surface area contributed by atoms with E-state index in [-0.39, 0.29) is 32.3 Å². The monoisotopic (exact) mass is 423 g/mol. The number of carbonyl (C=O) groups excluding carboxylic acids is 1. The van der Waals surface area contributed by atoms with E-state index < -0.39 is 59.3 Å². The van der Waals surface area contributed by atoms with Crippen molar-refractivity contribution in [2.75, 3.05) is 19.6 Å². The van der Waals surface area contributed by atoms with Gasteiger partial charge in [-0.25, -0.2) is 4.31 Å². The van der Waals surface area contributed by atoms with Gasteiger partial charge in [-0.3, -0.25) is 9.59 Å². The Labute approximate surface area is 165 Å². The molecule has 0 bridgehead atoms. The normalized spacial score (nSPS) is 24.4. The number of nitrogens with zero attached hydrogens (tertiary/aromatic N) is 2. The Morgan fingerprint density at radius 3 is 2.36 bits per heavy atom. The molecule has 1 amide bonds. The van der Waals surface area contributed by atoms with E-state index in [0.29, 0.717) is 4.31 Å². The summed E-state index contributed by atoms with van der Waals surface area (Å²) in [7, 11) is -5.94. The van der Waals surface area contributed by atoms with Crippen molar-refractivity contribution in [3.05, 3.63) is 0 Å². The predicted octanol–water partition coefficient (Wildman–Crippen LogP) is -3.28. The van der Waals surface area contributed by atoms with Crippen LogP contribution < -0.4 is 17.2 Å². The first kappa shape index (κ1) is 24.8. The van der Waals surface area contributed by atoms with Crippen LogP contribution in [-0.2, 0) is 19.8 Å². The minimum atomic E-state index is -4.39. The molecule has 1 fully saturated rings. The first-order chi connectivity index (χ1) is 12.8. The third kappa shape index (κ3) is 5.20. The second kappa shape index (κ2) is 9.48. The second-order valence-electron chi connectivity index (χ2n) is 7.32. The van der Waals surface area contributed by atoms with Crippen LogP contribution in [0.3, 0.4) is 0 Å². The van der Waals surface area contributed by atoms with Crippen LogP contribution >= 0.6 is 0 Å². The van der Waals surface area contributed by atoms with Gasteiger partial charge in [0.05, 0.1) is 6.04 Å². The van der Waals surface area contributed by atoms with Crippen molar-refractivity contribution in [2.45, 2.75) is 50.6 Å². The van der Waals surface area contributed by atoms with E-state index in [0.717, 1.165) is 4.31 Å². The summed E-state index contributed by atoms with van der Waals surface area (Å²) < 4.78 is 27.6. The highest BCUT2D eigenvalue weighted by Gasteiger charge is 2.54. The Morgan fingerprint density at radius 1 is 1.36 bits per heavy atom. The van der Waals surface area contributed by atoms with Crippen molar-refractivity contribution in [1.29, 1.82) is 0 Å². The fraction of sp³-hybridized carbons (Fsp3) is 0.857. The van der Waals surface area contributed by atoms with E-state index >= 15 is 0 Å². The lowest BCUT2D eigenvalue weighted by Crippen LogP contribution is -2.58. The highest BCUT2D eigenvalue weighted by molar-refractivity contribution is 7.87. The summed E-state index contributed by atoms with van der Waals surface area (Å²) in [5.41, 5.74) is 15.1. The zero-order valence-corrected chi connectivity index (χ0v) is 16.9. The van der Waals surface area contributed by atoms with E-state index in [4.69, 9.17) is 27.2 Å². The van der Waals surface area contributed by atoms with Gasteiger partial charge in [-0.15, -0.1) is 0 Å². The molecule has 9 N–H and O–H groups in total. The molecule has 0 saturated carbocycles. The third-order valence-corrected chi connectivity index (χ3v) is 6.87. The number of nitrogens with two attached hydrogens (primary N) is 3. The number of hydrogen-bond donors (Lipinski definition) is 6. The van der Waals surface area contributed by atoms with Crippen molar-refractivity contribution < 1.29 is 33.2 Å². The lowest BCUT2D eigenvalue weighted by Gasteiger charge is -2.32. The lowest BCUT2D eigenvalue weighted by molar-refractivity contribution is -0.144. The molecule has 1 heterocycles. The lowest BCUT2D eigenvalue weighted by atomic mass is 9.78. The average molecular weight is 423 g/mol. The summed E-state index contributed by atoms with van der Waals surface area (Å²) in [5.74, 6) is -3.03. The van der Waals surface area contributed by atoms with Crippen LogP contribution in [0.25, 0.3) is 0 Å². The Hall–Kier alpha value is -1.29. The number of amides is 1. The first-order valence-electron chi connectivity index (χ1n) is 8.96.